The first-order valence-electron chi connectivity index (χ1n) is 8.01. The van der Waals surface area contributed by atoms with E-state index in [0.29, 0.717) is 30.5 Å². The van der Waals surface area contributed by atoms with Crippen LogP contribution in [0.1, 0.15) is 46.0 Å². The van der Waals surface area contributed by atoms with Crippen LogP contribution in [0.15, 0.2) is 18.2 Å². The van der Waals surface area contributed by atoms with Crippen LogP contribution in [-0.2, 0) is 0 Å². The predicted molar refractivity (Wildman–Crippen MR) is 87.7 cm³/mol. The van der Waals surface area contributed by atoms with Gasteiger partial charge in [0, 0.05) is 18.3 Å². The van der Waals surface area contributed by atoms with Crippen molar-refractivity contribution < 1.29 is 9.84 Å². The summed E-state index contributed by atoms with van der Waals surface area (Å²) in [6.07, 6.45) is 5.02. The van der Waals surface area contributed by atoms with Crippen LogP contribution in [-0.4, -0.2) is 23.9 Å². The van der Waals surface area contributed by atoms with Crippen LogP contribution >= 0.6 is 0 Å². The van der Waals surface area contributed by atoms with Gasteiger partial charge in [0.15, 0.2) is 0 Å². The molecular weight excluding hydrogens is 264 g/mol. The zero-order valence-corrected chi connectivity index (χ0v) is 13.2. The second-order valence-corrected chi connectivity index (χ2v) is 6.38. The van der Waals surface area contributed by atoms with Crippen molar-refractivity contribution in [2.45, 2.75) is 51.6 Å². The number of benzene rings is 1. The van der Waals surface area contributed by atoms with Gasteiger partial charge in [0.05, 0.1) is 17.9 Å². The van der Waals surface area contributed by atoms with E-state index in [1.807, 2.05) is 18.2 Å². The van der Waals surface area contributed by atoms with Crippen LogP contribution in [0.5, 0.6) is 5.75 Å². The third kappa shape index (κ3) is 4.53. The summed E-state index contributed by atoms with van der Waals surface area (Å²) in [4.78, 5) is 0. The molecule has 0 heterocycles. The van der Waals surface area contributed by atoms with Gasteiger partial charge in [-0.2, -0.15) is 0 Å². The number of anilines is 2. The highest BCUT2D eigenvalue weighted by Gasteiger charge is 2.32. The van der Waals surface area contributed by atoms with Crippen molar-refractivity contribution in [1.29, 1.82) is 0 Å². The van der Waals surface area contributed by atoms with E-state index in [4.69, 9.17) is 10.5 Å². The van der Waals surface area contributed by atoms with Crippen molar-refractivity contribution in [2.24, 2.45) is 5.92 Å². The van der Waals surface area contributed by atoms with Crippen molar-refractivity contribution >= 4 is 11.4 Å². The van der Waals surface area contributed by atoms with E-state index < -0.39 is 5.60 Å². The minimum atomic E-state index is -0.594. The first kappa shape index (κ1) is 16.0. The van der Waals surface area contributed by atoms with E-state index in [-0.39, 0.29) is 0 Å². The molecule has 4 N–H and O–H groups in total. The number of hydrogen-bond donors (Lipinski definition) is 3. The monoisotopic (exact) mass is 292 g/mol. The van der Waals surface area contributed by atoms with Crippen molar-refractivity contribution in [1.82, 2.24) is 0 Å². The molecule has 2 unspecified atom stereocenters. The van der Waals surface area contributed by atoms with Gasteiger partial charge in [0.1, 0.15) is 5.75 Å². The normalized spacial score (nSPS) is 25.6. The van der Waals surface area contributed by atoms with Crippen molar-refractivity contribution in [3.63, 3.8) is 0 Å². The zero-order chi connectivity index (χ0) is 15.3. The fraction of sp³-hybridized carbons (Fsp3) is 0.647. The molecule has 0 aromatic heterocycles. The van der Waals surface area contributed by atoms with Gasteiger partial charge in [0.25, 0.3) is 0 Å². The Kier molecular flexibility index (Phi) is 5.34. The third-order valence-corrected chi connectivity index (χ3v) is 4.16. The van der Waals surface area contributed by atoms with Gasteiger partial charge in [-0.25, -0.2) is 0 Å². The Labute approximate surface area is 127 Å². The quantitative estimate of drug-likeness (QED) is 0.703. The Morgan fingerprint density at radius 3 is 3.00 bits per heavy atom. The van der Waals surface area contributed by atoms with Gasteiger partial charge in [-0.1, -0.05) is 26.7 Å². The number of aliphatic hydroxyl groups is 1. The maximum Gasteiger partial charge on any atom is 0.144 e. The Bertz CT molecular complexity index is 464. The second kappa shape index (κ2) is 7.03. The van der Waals surface area contributed by atoms with Gasteiger partial charge in [-0.15, -0.1) is 0 Å². The highest BCUT2D eigenvalue weighted by molar-refractivity contribution is 5.61. The average Bonchev–Trinajstić information content (AvgIpc) is 2.45. The molecule has 2 atom stereocenters. The van der Waals surface area contributed by atoms with Crippen LogP contribution < -0.4 is 15.8 Å². The van der Waals surface area contributed by atoms with Crippen LogP contribution in [0.3, 0.4) is 0 Å². The average molecular weight is 292 g/mol. The minimum Gasteiger partial charge on any atom is -0.491 e. The Hall–Kier alpha value is -1.42. The topological polar surface area (TPSA) is 67.5 Å². The molecule has 1 fully saturated rings. The number of ether oxygens (including phenoxy) is 1. The molecule has 0 spiro atoms. The van der Waals surface area contributed by atoms with Gasteiger partial charge in [0.2, 0.25) is 0 Å². The molecule has 1 aromatic rings. The Balaban J connectivity index is 1.96. The van der Waals surface area contributed by atoms with Crippen LogP contribution in [0, 0.1) is 5.92 Å². The molecule has 1 aromatic carbocycles. The largest absolute Gasteiger partial charge is 0.491 e. The Morgan fingerprint density at radius 2 is 2.29 bits per heavy atom. The lowest BCUT2D eigenvalue weighted by Crippen LogP contribution is -2.41. The van der Waals surface area contributed by atoms with Crippen molar-refractivity contribution in [3.05, 3.63) is 18.2 Å². The fourth-order valence-electron chi connectivity index (χ4n) is 3.04. The van der Waals surface area contributed by atoms with E-state index in [2.05, 4.69) is 19.2 Å². The molecular formula is C17H28N2O2. The molecule has 4 nitrogen and oxygen atoms in total. The molecule has 0 saturated heterocycles. The fourth-order valence-corrected chi connectivity index (χ4v) is 3.04. The summed E-state index contributed by atoms with van der Waals surface area (Å²) < 4.78 is 5.63. The summed E-state index contributed by atoms with van der Waals surface area (Å²) in [6.45, 7) is 5.52. The lowest BCUT2D eigenvalue weighted by Gasteiger charge is -2.36. The van der Waals surface area contributed by atoms with Gasteiger partial charge in [-0.05, 0) is 37.3 Å². The summed E-state index contributed by atoms with van der Waals surface area (Å²) in [5.74, 6) is 1.31. The number of hydrogen-bond acceptors (Lipinski definition) is 4. The highest BCUT2D eigenvalue weighted by atomic mass is 16.5. The highest BCUT2D eigenvalue weighted by Crippen LogP contribution is 2.33. The molecule has 0 bridgehead atoms. The lowest BCUT2D eigenvalue weighted by atomic mass is 9.79. The van der Waals surface area contributed by atoms with Crippen molar-refractivity contribution in [3.8, 4) is 5.75 Å². The molecule has 0 aliphatic heterocycles. The summed E-state index contributed by atoms with van der Waals surface area (Å²) in [5, 5.41) is 14.0. The molecule has 118 valence electrons. The van der Waals surface area contributed by atoms with E-state index in [1.54, 1.807) is 0 Å². The maximum absolute atomic E-state index is 10.6. The standard InChI is InChI=1S/C17H28N2O2/c1-3-9-21-16-10-14(6-7-15(16)18)19-12-17(20)8-4-5-13(2)11-17/h6-7,10,13,19-20H,3-5,8-9,11-12,18H2,1-2H3. The van der Waals surface area contributed by atoms with Crippen molar-refractivity contribution in [2.75, 3.05) is 24.2 Å². The molecule has 4 heteroatoms. The second-order valence-electron chi connectivity index (χ2n) is 6.38. The summed E-state index contributed by atoms with van der Waals surface area (Å²) in [6, 6.07) is 5.70. The third-order valence-electron chi connectivity index (χ3n) is 4.16. The van der Waals surface area contributed by atoms with Gasteiger partial charge in [-0.3, -0.25) is 0 Å². The van der Waals surface area contributed by atoms with E-state index in [9.17, 15) is 5.11 Å². The summed E-state index contributed by atoms with van der Waals surface area (Å²) >= 11 is 0. The molecule has 0 radical (unpaired) electrons. The van der Waals surface area contributed by atoms with Crippen LogP contribution in [0.4, 0.5) is 11.4 Å². The predicted octanol–water partition coefficient (Wildman–Crippen LogP) is 3.41. The van der Waals surface area contributed by atoms with Crippen LogP contribution in [0.25, 0.3) is 0 Å². The van der Waals surface area contributed by atoms with E-state index >= 15 is 0 Å². The van der Waals surface area contributed by atoms with E-state index in [0.717, 1.165) is 31.4 Å². The lowest BCUT2D eigenvalue weighted by molar-refractivity contribution is -0.000765. The minimum absolute atomic E-state index is 0.578. The van der Waals surface area contributed by atoms with E-state index in [1.165, 1.54) is 6.42 Å². The molecule has 0 amide bonds. The molecule has 1 aliphatic rings. The first-order valence-corrected chi connectivity index (χ1v) is 8.01. The number of nitrogens with two attached hydrogens (primary N) is 1. The summed E-state index contributed by atoms with van der Waals surface area (Å²) in [7, 11) is 0. The molecule has 1 saturated carbocycles. The number of nitrogens with one attached hydrogen (secondary N) is 1. The molecule has 1 aliphatic carbocycles. The zero-order valence-electron chi connectivity index (χ0n) is 13.2. The van der Waals surface area contributed by atoms with Crippen LogP contribution in [0.2, 0.25) is 0 Å². The molecule has 2 rings (SSSR count). The number of nitrogen functional groups attached to an aromatic ring is 1. The smallest absolute Gasteiger partial charge is 0.144 e. The van der Waals surface area contributed by atoms with Gasteiger partial charge >= 0.3 is 0 Å². The SMILES string of the molecule is CCCOc1cc(NCC2(O)CCCC(C)C2)ccc1N. The molecule has 21 heavy (non-hydrogen) atoms. The maximum atomic E-state index is 10.6. The Morgan fingerprint density at radius 1 is 1.48 bits per heavy atom. The first-order chi connectivity index (χ1) is 10.0. The number of rotatable bonds is 6. The van der Waals surface area contributed by atoms with Gasteiger partial charge < -0.3 is 20.9 Å². The summed E-state index contributed by atoms with van der Waals surface area (Å²) in [5.41, 5.74) is 6.92.